The zero-order valence-corrected chi connectivity index (χ0v) is 14.2. The number of hydrogen-bond donors (Lipinski definition) is 0. The van der Waals surface area contributed by atoms with Crippen molar-refractivity contribution in [3.63, 3.8) is 0 Å². The summed E-state index contributed by atoms with van der Waals surface area (Å²) in [6, 6.07) is 3.57. The average Bonchev–Trinajstić information content (AvgIpc) is 2.34. The molecule has 0 aliphatic heterocycles. The summed E-state index contributed by atoms with van der Waals surface area (Å²) in [6.07, 6.45) is 0.920. The van der Waals surface area contributed by atoms with Crippen LogP contribution in [0, 0.1) is 13.8 Å². The fourth-order valence-electron chi connectivity index (χ4n) is 1.54. The average molecular weight is 323 g/mol. The maximum Gasteiger partial charge on any atom is 0.440 e. The van der Waals surface area contributed by atoms with Gasteiger partial charge < -0.3 is 4.52 Å². The molecule has 1 aromatic rings. The third-order valence-corrected chi connectivity index (χ3v) is 6.92. The lowest BCUT2D eigenvalue weighted by atomic mass is 10.1. The minimum atomic E-state index is -3.14. The standard InChI is InChI=1S/C13H20ClO3PS/c1-5-7-19-18(15,16-6-2)17-12-8-10(3)13(14)11(4)9-12/h8-9H,5-7H2,1-4H3. The van der Waals surface area contributed by atoms with E-state index in [0.717, 1.165) is 23.3 Å². The van der Waals surface area contributed by atoms with Crippen LogP contribution >= 0.6 is 29.8 Å². The highest BCUT2D eigenvalue weighted by molar-refractivity contribution is 8.55. The van der Waals surface area contributed by atoms with Gasteiger partial charge in [0.25, 0.3) is 0 Å². The molecule has 0 amide bonds. The van der Waals surface area contributed by atoms with Crippen LogP contribution in [0.5, 0.6) is 5.75 Å². The molecule has 0 saturated carbocycles. The van der Waals surface area contributed by atoms with E-state index < -0.39 is 6.80 Å². The van der Waals surface area contributed by atoms with Crippen LogP contribution in [-0.2, 0) is 9.09 Å². The summed E-state index contributed by atoms with van der Waals surface area (Å²) in [5, 5.41) is 0.708. The zero-order valence-electron chi connectivity index (χ0n) is 11.7. The number of halogens is 1. The van der Waals surface area contributed by atoms with Crippen LogP contribution in [0.1, 0.15) is 31.4 Å². The molecular weight excluding hydrogens is 303 g/mol. The fraction of sp³-hybridized carbons (Fsp3) is 0.538. The summed E-state index contributed by atoms with van der Waals surface area (Å²) in [5.74, 6) is 1.28. The second kappa shape index (κ2) is 7.58. The van der Waals surface area contributed by atoms with Crippen LogP contribution in [0.15, 0.2) is 12.1 Å². The lowest BCUT2D eigenvalue weighted by Crippen LogP contribution is -1.97. The molecule has 0 radical (unpaired) electrons. The Kier molecular flexibility index (Phi) is 6.75. The van der Waals surface area contributed by atoms with Gasteiger partial charge in [-0.25, -0.2) is 4.57 Å². The quantitative estimate of drug-likeness (QED) is 0.610. The Morgan fingerprint density at radius 1 is 1.26 bits per heavy atom. The van der Waals surface area contributed by atoms with Gasteiger partial charge in [-0.2, -0.15) is 0 Å². The first-order chi connectivity index (χ1) is 8.91. The van der Waals surface area contributed by atoms with Crippen molar-refractivity contribution in [2.24, 2.45) is 0 Å². The van der Waals surface area contributed by atoms with Gasteiger partial charge in [-0.15, -0.1) is 0 Å². The Labute approximate surface area is 124 Å². The van der Waals surface area contributed by atoms with Gasteiger partial charge in [0.1, 0.15) is 5.75 Å². The SMILES string of the molecule is CCCSP(=O)(OCC)Oc1cc(C)c(Cl)c(C)c1. The van der Waals surface area contributed by atoms with Gasteiger partial charge in [0.15, 0.2) is 0 Å². The Morgan fingerprint density at radius 3 is 2.32 bits per heavy atom. The van der Waals surface area contributed by atoms with Crippen molar-refractivity contribution in [1.82, 2.24) is 0 Å². The molecule has 0 spiro atoms. The molecule has 1 rings (SSSR count). The predicted molar refractivity (Wildman–Crippen MR) is 83.5 cm³/mol. The Morgan fingerprint density at radius 2 is 1.84 bits per heavy atom. The van der Waals surface area contributed by atoms with Gasteiger partial charge in [-0.1, -0.05) is 18.5 Å². The van der Waals surface area contributed by atoms with Gasteiger partial charge in [0.05, 0.1) is 6.61 Å². The lowest BCUT2D eigenvalue weighted by molar-refractivity contribution is 0.296. The second-order valence-corrected chi connectivity index (χ2v) is 8.66. The molecular formula is C13H20ClO3PS. The molecule has 0 fully saturated rings. The van der Waals surface area contributed by atoms with Gasteiger partial charge in [-0.3, -0.25) is 4.52 Å². The highest BCUT2D eigenvalue weighted by Crippen LogP contribution is 2.60. The Hall–Kier alpha value is -0.150. The van der Waals surface area contributed by atoms with E-state index in [1.54, 1.807) is 19.1 Å². The molecule has 19 heavy (non-hydrogen) atoms. The Balaban J connectivity index is 2.93. The van der Waals surface area contributed by atoms with Crippen LogP contribution < -0.4 is 4.52 Å². The third-order valence-electron chi connectivity index (χ3n) is 2.37. The molecule has 6 heteroatoms. The van der Waals surface area contributed by atoms with Gasteiger partial charge >= 0.3 is 6.80 Å². The van der Waals surface area contributed by atoms with Crippen LogP contribution in [0.2, 0.25) is 5.02 Å². The van der Waals surface area contributed by atoms with E-state index in [4.69, 9.17) is 20.6 Å². The largest absolute Gasteiger partial charge is 0.440 e. The van der Waals surface area contributed by atoms with E-state index in [1.807, 2.05) is 20.8 Å². The van der Waals surface area contributed by atoms with Gasteiger partial charge in [0, 0.05) is 10.8 Å². The minimum absolute atomic E-state index is 0.361. The topological polar surface area (TPSA) is 35.5 Å². The highest BCUT2D eigenvalue weighted by atomic mass is 35.5. The lowest BCUT2D eigenvalue weighted by Gasteiger charge is -2.18. The summed E-state index contributed by atoms with van der Waals surface area (Å²) in [4.78, 5) is 0. The molecule has 1 atom stereocenters. The number of rotatable bonds is 7. The first kappa shape index (κ1) is 16.9. The molecule has 0 aliphatic carbocycles. The van der Waals surface area contributed by atoms with Gasteiger partial charge in [0.2, 0.25) is 0 Å². The van der Waals surface area contributed by atoms with Crippen molar-refractivity contribution >= 4 is 29.8 Å². The van der Waals surface area contributed by atoms with Crippen molar-refractivity contribution in [2.75, 3.05) is 12.4 Å². The van der Waals surface area contributed by atoms with Crippen LogP contribution in [0.4, 0.5) is 0 Å². The monoisotopic (exact) mass is 322 g/mol. The van der Waals surface area contributed by atoms with Crippen LogP contribution in [0.3, 0.4) is 0 Å². The van der Waals surface area contributed by atoms with Crippen molar-refractivity contribution in [3.05, 3.63) is 28.3 Å². The molecule has 0 heterocycles. The van der Waals surface area contributed by atoms with E-state index in [-0.39, 0.29) is 0 Å². The van der Waals surface area contributed by atoms with Crippen molar-refractivity contribution in [2.45, 2.75) is 34.1 Å². The van der Waals surface area contributed by atoms with E-state index in [9.17, 15) is 4.57 Å². The van der Waals surface area contributed by atoms with Crippen molar-refractivity contribution in [3.8, 4) is 5.75 Å². The molecule has 1 unspecified atom stereocenters. The summed E-state index contributed by atoms with van der Waals surface area (Å²) in [7, 11) is 0. The first-order valence-electron chi connectivity index (χ1n) is 6.27. The molecule has 0 aromatic heterocycles. The zero-order chi connectivity index (χ0) is 14.5. The summed E-state index contributed by atoms with van der Waals surface area (Å²) in [5.41, 5.74) is 1.81. The molecule has 1 aromatic carbocycles. The van der Waals surface area contributed by atoms with Crippen molar-refractivity contribution in [1.29, 1.82) is 0 Å². The van der Waals surface area contributed by atoms with E-state index in [1.165, 1.54) is 11.4 Å². The van der Waals surface area contributed by atoms with Crippen LogP contribution in [0.25, 0.3) is 0 Å². The highest BCUT2D eigenvalue weighted by Gasteiger charge is 2.26. The molecule has 0 N–H and O–H groups in total. The summed E-state index contributed by atoms with van der Waals surface area (Å²) >= 11 is 7.34. The Bertz CT molecular complexity index is 456. The van der Waals surface area contributed by atoms with Gasteiger partial charge in [-0.05, 0) is 61.8 Å². The normalized spacial score (nSPS) is 14.2. The smallest absolute Gasteiger partial charge is 0.417 e. The van der Waals surface area contributed by atoms with E-state index in [2.05, 4.69) is 0 Å². The van der Waals surface area contributed by atoms with E-state index in [0.29, 0.717) is 17.4 Å². The molecule has 108 valence electrons. The number of benzene rings is 1. The molecule has 0 bridgehead atoms. The predicted octanol–water partition coefficient (Wildman–Crippen LogP) is 5.62. The maximum atomic E-state index is 12.5. The summed E-state index contributed by atoms with van der Waals surface area (Å²) in [6.45, 7) is 4.85. The third kappa shape index (κ3) is 5.03. The fourth-order valence-corrected chi connectivity index (χ4v) is 5.09. The molecule has 3 nitrogen and oxygen atoms in total. The van der Waals surface area contributed by atoms with Crippen LogP contribution in [-0.4, -0.2) is 12.4 Å². The number of hydrogen-bond acceptors (Lipinski definition) is 4. The first-order valence-corrected chi connectivity index (χ1v) is 9.78. The minimum Gasteiger partial charge on any atom is -0.417 e. The number of aryl methyl sites for hydroxylation is 2. The summed E-state index contributed by atoms with van der Waals surface area (Å²) < 4.78 is 23.4. The van der Waals surface area contributed by atoms with Crippen molar-refractivity contribution < 1.29 is 13.6 Å². The maximum absolute atomic E-state index is 12.5. The van der Waals surface area contributed by atoms with E-state index >= 15 is 0 Å². The molecule has 0 saturated heterocycles. The second-order valence-electron chi connectivity index (χ2n) is 4.16. The molecule has 0 aliphatic rings.